The highest BCUT2D eigenvalue weighted by molar-refractivity contribution is 8.19. The molecule has 4 fully saturated rings. The fourth-order valence-corrected chi connectivity index (χ4v) is 30.5. The molecule has 2 spiro atoms. The molecule has 710 valence electrons. The van der Waals surface area contributed by atoms with E-state index in [-0.39, 0.29) is 78.4 Å². The smallest absolute Gasteiger partial charge is 0.340 e. The molecule has 0 atom stereocenters. The Bertz CT molecular complexity index is 5590. The van der Waals surface area contributed by atoms with Crippen molar-refractivity contribution < 1.29 is 135 Å². The number of ketones is 1. The van der Waals surface area contributed by atoms with Gasteiger partial charge in [0.25, 0.3) is 5.91 Å². The van der Waals surface area contributed by atoms with Crippen molar-refractivity contribution in [2.75, 3.05) is 139 Å². The van der Waals surface area contributed by atoms with Crippen molar-refractivity contribution in [3.05, 3.63) is 194 Å². The van der Waals surface area contributed by atoms with Gasteiger partial charge in [-0.1, -0.05) is 0 Å². The first kappa shape index (κ1) is 105. The van der Waals surface area contributed by atoms with Gasteiger partial charge in [0.1, 0.15) is 46.0 Å². The Kier molecular flexibility index (Phi) is 37.1. The van der Waals surface area contributed by atoms with Crippen LogP contribution in [0.4, 0.5) is 0 Å². The van der Waals surface area contributed by atoms with Crippen LogP contribution in [0.15, 0.2) is 233 Å². The number of aliphatic hydroxyl groups excluding tert-OH is 1. The zero-order valence-electron chi connectivity index (χ0n) is 71.1. The van der Waals surface area contributed by atoms with Crippen LogP contribution >= 0.6 is 47.0 Å². The third kappa shape index (κ3) is 26.5. The van der Waals surface area contributed by atoms with Crippen molar-refractivity contribution >= 4 is 145 Å². The van der Waals surface area contributed by atoms with E-state index in [9.17, 15) is 92.0 Å². The maximum atomic E-state index is 14.0. The number of benzene rings is 8. The largest absolute Gasteiger partial charge is 0.497 e. The molecule has 51 heteroatoms. The fourth-order valence-electron chi connectivity index (χ4n) is 12.6. The molecule has 4 heterocycles. The van der Waals surface area contributed by atoms with Crippen molar-refractivity contribution in [3.8, 4) is 46.0 Å². The van der Waals surface area contributed by atoms with E-state index in [4.69, 9.17) is 42.6 Å². The summed E-state index contributed by atoms with van der Waals surface area (Å²) >= 11 is 5.95. The summed E-state index contributed by atoms with van der Waals surface area (Å²) in [6.07, 6.45) is -3.06. The Labute approximate surface area is 773 Å². The van der Waals surface area contributed by atoms with Crippen LogP contribution in [-0.2, 0) is 99.3 Å². The van der Waals surface area contributed by atoms with E-state index in [1.807, 2.05) is 0 Å². The number of hydroxylamine groups is 1. The van der Waals surface area contributed by atoms with Crippen LogP contribution in [0.1, 0.15) is 12.8 Å². The van der Waals surface area contributed by atoms with Gasteiger partial charge in [0.2, 0.25) is 80.2 Å². The lowest BCUT2D eigenvalue weighted by atomic mass is 10.3. The van der Waals surface area contributed by atoms with E-state index in [2.05, 4.69) is 18.9 Å². The van der Waals surface area contributed by atoms with E-state index in [1.165, 1.54) is 304 Å². The van der Waals surface area contributed by atoms with Crippen LogP contribution in [0.5, 0.6) is 46.0 Å². The molecule has 0 aromatic heterocycles. The lowest BCUT2D eigenvalue weighted by molar-refractivity contribution is -0.150. The molecule has 8 aromatic rings. The van der Waals surface area contributed by atoms with Gasteiger partial charge < -0.3 is 47.7 Å². The first-order valence-electron chi connectivity index (χ1n) is 38.5. The Morgan fingerprint density at radius 1 is 0.331 bits per heavy atom. The van der Waals surface area contributed by atoms with Gasteiger partial charge in [0.15, 0.2) is 18.1 Å². The number of amides is 1. The summed E-state index contributed by atoms with van der Waals surface area (Å²) in [4.78, 5) is 37.5. The van der Waals surface area contributed by atoms with Gasteiger partial charge in [-0.05, 0) is 230 Å². The first-order chi connectivity index (χ1) is 61.5. The SMILES string of the molecule is COC(=O)C1N(S(=O)(=O)c2ccc(OC)cc2)CC2(CN1S(=O)(=O)c1ccc(OC)cc1)SCCCS2.COc1ccc(S(=O)(=O)N2CC3(CN(S(=O)(=O)c4ccc(OC)cc4)C2C(=O)NO)SCCCS3)cc1.COc1ccc(S(=O)(=O)NCC(=O)CNS(=O)(=O)c2ccc(OC)cc2)cc1.COc1ccc(S(=O)(=O)NCC(O)CNS(=O)(=O)c2ccc(OC)cc2)cc1. The van der Waals surface area contributed by atoms with Crippen molar-refractivity contribution in [2.45, 2.75) is 78.6 Å². The monoisotopic (exact) mass is 2040 g/mol. The van der Waals surface area contributed by atoms with Crippen molar-refractivity contribution in [2.24, 2.45) is 0 Å². The maximum absolute atomic E-state index is 14.0. The Morgan fingerprint density at radius 3 is 0.731 bits per heavy atom. The maximum Gasteiger partial charge on any atom is 0.340 e. The number of esters is 1. The van der Waals surface area contributed by atoms with E-state index < -0.39 is 138 Å². The summed E-state index contributed by atoms with van der Waals surface area (Å²) in [6.45, 7) is -2.24. The highest BCUT2D eigenvalue weighted by Gasteiger charge is 2.58. The van der Waals surface area contributed by atoms with Gasteiger partial charge in [-0.25, -0.2) is 96.5 Å². The topological polar surface area (TPSA) is 521 Å². The van der Waals surface area contributed by atoms with Gasteiger partial charge in [-0.2, -0.15) is 17.2 Å². The highest BCUT2D eigenvalue weighted by Crippen LogP contribution is 2.51. The number of nitrogens with zero attached hydrogens (tertiary/aromatic N) is 4. The van der Waals surface area contributed by atoms with E-state index in [0.717, 1.165) is 48.7 Å². The molecule has 0 saturated carbocycles. The van der Waals surface area contributed by atoms with E-state index >= 15 is 0 Å². The molecule has 0 aliphatic carbocycles. The van der Waals surface area contributed by atoms with Crippen molar-refractivity contribution in [1.82, 2.24) is 41.6 Å². The minimum absolute atomic E-state index is 0.000636. The number of carbonyl (C=O) groups excluding carboxylic acids is 3. The molecule has 1 amide bonds. The Hall–Kier alpha value is -8.63. The number of ether oxygens (including phenoxy) is 9. The molecule has 8 aromatic carbocycles. The summed E-state index contributed by atoms with van der Waals surface area (Å²) < 4.78 is 265. The molecule has 0 bridgehead atoms. The second-order valence-electron chi connectivity index (χ2n) is 27.8. The van der Waals surface area contributed by atoms with Crippen LogP contribution in [0.25, 0.3) is 0 Å². The van der Waals surface area contributed by atoms with Gasteiger partial charge in [-0.3, -0.25) is 14.8 Å². The van der Waals surface area contributed by atoms with Crippen LogP contribution < -0.4 is 62.3 Å². The number of Topliss-reactive ketones (excluding diaryl/α,β-unsaturated/α-hetero) is 1. The van der Waals surface area contributed by atoms with Crippen LogP contribution in [-0.4, -0.2) is 278 Å². The van der Waals surface area contributed by atoms with Crippen molar-refractivity contribution in [1.29, 1.82) is 0 Å². The number of sulfonamides is 8. The second kappa shape index (κ2) is 45.9. The quantitative estimate of drug-likeness (QED) is 0.0156. The minimum Gasteiger partial charge on any atom is -0.497 e. The molecule has 4 saturated heterocycles. The predicted molar refractivity (Wildman–Crippen MR) is 485 cm³/mol. The van der Waals surface area contributed by atoms with Crippen LogP contribution in [0, 0.1) is 0 Å². The van der Waals surface area contributed by atoms with Gasteiger partial charge in [0.05, 0.1) is 131 Å². The number of nitrogens with one attached hydrogen (secondary N) is 5. The summed E-state index contributed by atoms with van der Waals surface area (Å²) in [7, 11) is -20.2. The van der Waals surface area contributed by atoms with Gasteiger partial charge in [0, 0.05) is 39.3 Å². The lowest BCUT2D eigenvalue weighted by Crippen LogP contribution is -2.69. The first-order valence-corrected chi connectivity index (χ1v) is 54.1. The second-order valence-corrected chi connectivity index (χ2v) is 48.9. The lowest BCUT2D eigenvalue weighted by Gasteiger charge is -2.50. The zero-order chi connectivity index (χ0) is 95.3. The van der Waals surface area contributed by atoms with Gasteiger partial charge >= 0.3 is 5.97 Å². The number of hydrogen-bond donors (Lipinski definition) is 7. The predicted octanol–water partition coefficient (Wildman–Crippen LogP) is 5.11. The minimum atomic E-state index is -4.40. The summed E-state index contributed by atoms with van der Waals surface area (Å²) in [5.74, 6) is 3.84. The molecule has 0 unspecified atom stereocenters. The van der Waals surface area contributed by atoms with E-state index in [0.29, 0.717) is 57.5 Å². The molecule has 4 aliphatic rings. The number of carbonyl (C=O) groups is 3. The van der Waals surface area contributed by atoms with Crippen LogP contribution in [0.3, 0.4) is 0 Å². The molecule has 4 aliphatic heterocycles. The number of aliphatic hydroxyl groups is 1. The number of thioether (sulfide) groups is 4. The average Bonchev–Trinajstić information content (AvgIpc) is 0.729. The molecular weight excluding hydrogens is 1940 g/mol. The van der Waals surface area contributed by atoms with Gasteiger partial charge in [-0.15, -0.1) is 47.0 Å². The van der Waals surface area contributed by atoms with Crippen LogP contribution in [0.2, 0.25) is 0 Å². The van der Waals surface area contributed by atoms with E-state index in [1.54, 1.807) is 0 Å². The number of rotatable bonds is 34. The number of hydrogen-bond acceptors (Lipinski definition) is 34. The molecule has 7 N–H and O–H groups in total. The summed E-state index contributed by atoms with van der Waals surface area (Å²) in [5, 5.41) is 19.5. The summed E-state index contributed by atoms with van der Waals surface area (Å²) in [6, 6.07) is 45.2. The zero-order valence-corrected chi connectivity index (χ0v) is 80.9. The number of methoxy groups -OCH3 is 9. The third-order valence-electron chi connectivity index (χ3n) is 19.6. The molecule has 130 heavy (non-hydrogen) atoms. The average molecular weight is 2040 g/mol. The molecule has 39 nitrogen and oxygen atoms in total. The van der Waals surface area contributed by atoms with Crippen molar-refractivity contribution in [3.63, 3.8) is 0 Å². The highest BCUT2D eigenvalue weighted by atomic mass is 32.2. The summed E-state index contributed by atoms with van der Waals surface area (Å²) in [5.41, 5.74) is 1.46. The normalized spacial score (nSPS) is 16.6. The molecule has 12 rings (SSSR count). The fraction of sp³-hybridized carbons (Fsp3) is 0.354. The Balaban J connectivity index is 0.000000197. The standard InChI is InChI=1S/C23H28N2O8S4.C22H27N3O8S4.C17H22N2O7S2.C17H20N2O7S2/c1-31-17-5-9-19(10-6-17)36(27,28)24-15-23(34-13-4-14-35-23)16-25(21(24)22(26)33-3)37(29,30)20-11-7-18(32-2)8-12-20;1-32-16-4-8-18(9-5-16)36(28,29)24-14-22(34-12-3-13-35-22)15-25(21(24)20(26)23-27)37(30,31)19-10-6-17(33-2)7-11-19;2*1-25-14-3-7-16(8-4-14)27(21,22)18-11-13(20)12-19-28(23,24)17-9-5-15(26-2)6-10-17/h5-12,21H,4,13-16H2,1-3H3;4-11,21,27H,3,12-15H2,1-2H3,(H,23,26);3-10,13,18-20H,11-12H2,1-2H3;3-10,18-19H,11-12H2,1-2H3. The molecule has 0 radical (unpaired) electrons. The third-order valence-corrected chi connectivity index (χ3v) is 39.0. The Morgan fingerprint density at radius 2 is 0.531 bits per heavy atom. The molecular formula is C79H97N9O30S12.